The minimum Gasteiger partial charge on any atom is -0.316 e. The van der Waals surface area contributed by atoms with E-state index in [1.54, 1.807) is 18.2 Å². The van der Waals surface area contributed by atoms with Crippen molar-refractivity contribution in [2.24, 2.45) is 0 Å². The van der Waals surface area contributed by atoms with Gasteiger partial charge in [0, 0.05) is 18.6 Å². The Morgan fingerprint density at radius 2 is 1.93 bits per heavy atom. The number of nitriles is 1. The second kappa shape index (κ2) is 8.46. The van der Waals surface area contributed by atoms with Gasteiger partial charge in [-0.2, -0.15) is 5.26 Å². The zero-order valence-corrected chi connectivity index (χ0v) is 16.5. The number of benzene rings is 2. The summed E-state index contributed by atoms with van der Waals surface area (Å²) in [5.74, 6) is -0.255. The van der Waals surface area contributed by atoms with Gasteiger partial charge in [0.25, 0.3) is 5.69 Å². The summed E-state index contributed by atoms with van der Waals surface area (Å²) >= 11 is 1.15. The van der Waals surface area contributed by atoms with Crippen LogP contribution in [0, 0.1) is 28.4 Å². The Bertz CT molecular complexity index is 1160. The van der Waals surface area contributed by atoms with Crippen LogP contribution in [0.3, 0.4) is 0 Å². The molecule has 0 aliphatic rings. The van der Waals surface area contributed by atoms with Crippen molar-refractivity contribution in [3.63, 3.8) is 0 Å². The van der Waals surface area contributed by atoms with Crippen molar-refractivity contribution in [1.82, 2.24) is 4.98 Å². The van der Waals surface area contributed by atoms with E-state index in [4.69, 9.17) is 0 Å². The van der Waals surface area contributed by atoms with E-state index in [2.05, 4.69) is 16.4 Å². The van der Waals surface area contributed by atoms with Crippen LogP contribution in [0.2, 0.25) is 0 Å². The number of aromatic nitrogens is 1. The van der Waals surface area contributed by atoms with Crippen LogP contribution >= 0.6 is 11.3 Å². The number of amides is 1. The first-order chi connectivity index (χ1) is 13.9. The molecule has 0 aliphatic carbocycles. The predicted molar refractivity (Wildman–Crippen MR) is 113 cm³/mol. The summed E-state index contributed by atoms with van der Waals surface area (Å²) in [5.41, 5.74) is 2.81. The maximum atomic E-state index is 11.6. The first-order valence-electron chi connectivity index (χ1n) is 8.60. The number of rotatable bonds is 5. The van der Waals surface area contributed by atoms with Gasteiger partial charge in [-0.05, 0) is 19.1 Å². The van der Waals surface area contributed by atoms with E-state index in [1.165, 1.54) is 19.1 Å². The predicted octanol–water partition coefficient (Wildman–Crippen LogP) is 5.05. The van der Waals surface area contributed by atoms with E-state index >= 15 is 0 Å². The second-order valence-electron chi connectivity index (χ2n) is 6.23. The highest BCUT2D eigenvalue weighted by Crippen LogP contribution is 2.37. The molecule has 7 nitrogen and oxygen atoms in total. The van der Waals surface area contributed by atoms with Crippen molar-refractivity contribution in [2.45, 2.75) is 13.8 Å². The van der Waals surface area contributed by atoms with Crippen LogP contribution in [0.5, 0.6) is 0 Å². The molecule has 3 aromatic rings. The Kier molecular flexibility index (Phi) is 5.81. The summed E-state index contributed by atoms with van der Waals surface area (Å²) in [7, 11) is 0. The number of thiazole rings is 1. The van der Waals surface area contributed by atoms with Crippen LogP contribution in [0.4, 0.5) is 10.7 Å². The van der Waals surface area contributed by atoms with Crippen LogP contribution in [-0.4, -0.2) is 15.8 Å². The molecule has 0 radical (unpaired) electrons. The fourth-order valence-electron chi connectivity index (χ4n) is 2.66. The van der Waals surface area contributed by atoms with E-state index in [0.717, 1.165) is 22.5 Å². The lowest BCUT2D eigenvalue weighted by atomic mass is 10.1. The van der Waals surface area contributed by atoms with Gasteiger partial charge >= 0.3 is 0 Å². The van der Waals surface area contributed by atoms with Gasteiger partial charge in [0.15, 0.2) is 0 Å². The Hall–Kier alpha value is -3.83. The number of nitro groups is 1. The maximum Gasteiger partial charge on any atom is 0.276 e. The smallest absolute Gasteiger partial charge is 0.276 e. The van der Waals surface area contributed by atoms with Crippen LogP contribution in [-0.2, 0) is 4.79 Å². The van der Waals surface area contributed by atoms with Gasteiger partial charge in [-0.15, -0.1) is 0 Å². The van der Waals surface area contributed by atoms with Crippen molar-refractivity contribution < 1.29 is 9.72 Å². The summed E-state index contributed by atoms with van der Waals surface area (Å²) < 4.78 is 0. The molecule has 0 bridgehead atoms. The maximum absolute atomic E-state index is 11.6. The fraction of sp³-hybridized carbons (Fsp3) is 0.0952. The summed E-state index contributed by atoms with van der Waals surface area (Å²) in [6, 6.07) is 15.9. The molecule has 0 fully saturated rings. The van der Waals surface area contributed by atoms with E-state index in [0.29, 0.717) is 21.3 Å². The normalized spacial score (nSPS) is 11.0. The van der Waals surface area contributed by atoms with Gasteiger partial charge in [-0.1, -0.05) is 53.3 Å². The lowest BCUT2D eigenvalue weighted by Gasteiger charge is -2.03. The topological polar surface area (TPSA) is 109 Å². The summed E-state index contributed by atoms with van der Waals surface area (Å²) in [6.45, 7) is 3.36. The number of allylic oxidation sites excluding steroid dienone is 1. The molecule has 1 aromatic heterocycles. The first kappa shape index (κ1) is 19.9. The van der Waals surface area contributed by atoms with Crippen molar-refractivity contribution in [1.29, 1.82) is 5.26 Å². The van der Waals surface area contributed by atoms with Crippen molar-refractivity contribution >= 4 is 39.6 Å². The molecule has 0 saturated heterocycles. The third kappa shape index (κ3) is 4.54. The molecule has 0 aliphatic heterocycles. The van der Waals surface area contributed by atoms with Crippen LogP contribution < -0.4 is 5.32 Å². The molecule has 29 heavy (non-hydrogen) atoms. The van der Waals surface area contributed by atoms with Crippen molar-refractivity contribution in [2.75, 3.05) is 5.32 Å². The summed E-state index contributed by atoms with van der Waals surface area (Å²) in [6.07, 6.45) is 1.44. The molecule has 0 spiro atoms. The number of nitrogens with one attached hydrogen (secondary N) is 1. The van der Waals surface area contributed by atoms with E-state index in [1.807, 2.05) is 31.2 Å². The number of hydrogen-bond donors (Lipinski definition) is 1. The molecule has 0 unspecified atom stereocenters. The van der Waals surface area contributed by atoms with Gasteiger partial charge in [0.2, 0.25) is 5.91 Å². The van der Waals surface area contributed by atoms with Gasteiger partial charge in [-0.25, -0.2) is 4.98 Å². The molecular formula is C21H16N4O3S. The van der Waals surface area contributed by atoms with Crippen molar-refractivity contribution in [3.05, 3.63) is 74.8 Å². The van der Waals surface area contributed by atoms with Crippen LogP contribution in [0.1, 0.15) is 23.1 Å². The Balaban J connectivity index is 2.12. The van der Waals surface area contributed by atoms with Gasteiger partial charge < -0.3 is 5.32 Å². The fourth-order valence-corrected chi connectivity index (χ4v) is 3.66. The minimum atomic E-state index is -0.497. The summed E-state index contributed by atoms with van der Waals surface area (Å²) in [4.78, 5) is 26.9. The minimum absolute atomic E-state index is 0.0994. The highest BCUT2D eigenvalue weighted by atomic mass is 32.1. The second-order valence-corrected chi connectivity index (χ2v) is 7.23. The molecule has 0 atom stereocenters. The van der Waals surface area contributed by atoms with Gasteiger partial charge in [0.1, 0.15) is 21.8 Å². The van der Waals surface area contributed by atoms with Crippen molar-refractivity contribution in [3.8, 4) is 17.3 Å². The Morgan fingerprint density at radius 1 is 1.24 bits per heavy atom. The molecule has 1 N–H and O–H groups in total. The first-order valence-corrected chi connectivity index (χ1v) is 9.41. The van der Waals surface area contributed by atoms with Crippen LogP contribution in [0.15, 0.2) is 48.5 Å². The van der Waals surface area contributed by atoms with E-state index in [-0.39, 0.29) is 17.2 Å². The largest absolute Gasteiger partial charge is 0.316 e. The molecular weight excluding hydrogens is 388 g/mol. The van der Waals surface area contributed by atoms with Gasteiger partial charge in [0.05, 0.1) is 16.1 Å². The van der Waals surface area contributed by atoms with E-state index in [9.17, 15) is 20.2 Å². The SMILES string of the molecule is CC(=O)Nc1sc(/C(C#N)=C/c2ccccc2[N+](=O)[O-])nc1-c1ccc(C)cc1. The number of hydrogen-bond acceptors (Lipinski definition) is 6. The van der Waals surface area contributed by atoms with Gasteiger partial charge in [-0.3, -0.25) is 14.9 Å². The molecule has 1 amide bonds. The lowest BCUT2D eigenvalue weighted by Crippen LogP contribution is -2.05. The number of carbonyl (C=O) groups excluding carboxylic acids is 1. The third-order valence-electron chi connectivity index (χ3n) is 4.03. The highest BCUT2D eigenvalue weighted by Gasteiger charge is 2.18. The molecule has 144 valence electrons. The molecule has 8 heteroatoms. The molecule has 0 saturated carbocycles. The standard InChI is InChI=1S/C21H16N4O3S/c1-13-7-9-15(10-8-13)19-21(23-14(2)26)29-20(24-19)17(12-22)11-16-5-3-4-6-18(16)25(27)28/h3-11H,1-2H3,(H,23,26)/b17-11+. The molecule has 1 heterocycles. The number of anilines is 1. The monoisotopic (exact) mass is 404 g/mol. The quantitative estimate of drug-likeness (QED) is 0.364. The average Bonchev–Trinajstić information content (AvgIpc) is 3.09. The van der Waals surface area contributed by atoms with Crippen LogP contribution in [0.25, 0.3) is 22.9 Å². The third-order valence-corrected chi connectivity index (χ3v) is 5.03. The summed E-state index contributed by atoms with van der Waals surface area (Å²) in [5, 5.41) is 24.5. The average molecular weight is 404 g/mol. The molecule has 3 rings (SSSR count). The Labute approximate surface area is 171 Å². The number of aryl methyl sites for hydroxylation is 1. The lowest BCUT2D eigenvalue weighted by molar-refractivity contribution is -0.385. The number of carbonyl (C=O) groups is 1. The number of nitro benzene ring substituents is 1. The van der Waals surface area contributed by atoms with E-state index < -0.39 is 4.92 Å². The zero-order chi connectivity index (χ0) is 21.0. The Morgan fingerprint density at radius 3 is 2.55 bits per heavy atom. The number of nitrogens with zero attached hydrogens (tertiary/aromatic N) is 3. The molecule has 2 aromatic carbocycles. The highest BCUT2D eigenvalue weighted by molar-refractivity contribution is 7.17. The number of para-hydroxylation sites is 1. The zero-order valence-electron chi connectivity index (χ0n) is 15.7.